The van der Waals surface area contributed by atoms with E-state index in [1.165, 1.54) is 18.3 Å². The van der Waals surface area contributed by atoms with Crippen LogP contribution in [0.4, 0.5) is 8.78 Å². The fourth-order valence-corrected chi connectivity index (χ4v) is 1.35. The summed E-state index contributed by atoms with van der Waals surface area (Å²) in [6, 6.07) is 2.57. The lowest BCUT2D eigenvalue weighted by molar-refractivity contribution is 0.0794. The molecule has 0 aliphatic rings. The maximum Gasteiger partial charge on any atom is 0.272 e. The van der Waals surface area contributed by atoms with Crippen molar-refractivity contribution < 1.29 is 23.4 Å². The molecule has 0 aromatic carbocycles. The molecular formula is C12H16F2N2O3. The number of nitrogens with one attached hydrogen (secondary N) is 1. The summed E-state index contributed by atoms with van der Waals surface area (Å²) in [6.45, 7) is 0.961. The number of aliphatic hydroxyl groups is 1. The molecule has 0 aliphatic heterocycles. The first-order valence-corrected chi connectivity index (χ1v) is 5.81. The molecule has 0 bridgehead atoms. The van der Waals surface area contributed by atoms with Crippen LogP contribution in [0.15, 0.2) is 18.3 Å². The molecule has 5 nitrogen and oxygen atoms in total. The Balaban J connectivity index is 2.62. The van der Waals surface area contributed by atoms with Crippen molar-refractivity contribution in [1.29, 1.82) is 0 Å². The molecule has 1 aromatic heterocycles. The van der Waals surface area contributed by atoms with Gasteiger partial charge in [-0.1, -0.05) is 0 Å². The predicted molar refractivity (Wildman–Crippen MR) is 64.4 cm³/mol. The second-order valence-electron chi connectivity index (χ2n) is 3.97. The average Bonchev–Trinajstić information content (AvgIpc) is 2.37. The van der Waals surface area contributed by atoms with Gasteiger partial charge in [-0.2, -0.15) is 0 Å². The Morgan fingerprint density at radius 2 is 2.32 bits per heavy atom. The van der Waals surface area contributed by atoms with Crippen molar-refractivity contribution >= 4 is 5.91 Å². The summed E-state index contributed by atoms with van der Waals surface area (Å²) in [5.74, 6) is -0.395. The predicted octanol–water partition coefficient (Wildman–Crippen LogP) is 1.23. The number of nitrogens with zero attached hydrogens (tertiary/aromatic N) is 1. The fourth-order valence-electron chi connectivity index (χ4n) is 1.35. The van der Waals surface area contributed by atoms with Gasteiger partial charge < -0.3 is 15.2 Å². The number of alkyl halides is 2. The minimum Gasteiger partial charge on any atom is -0.472 e. The van der Waals surface area contributed by atoms with E-state index in [1.54, 1.807) is 6.92 Å². The monoisotopic (exact) mass is 274 g/mol. The Morgan fingerprint density at radius 1 is 1.58 bits per heavy atom. The molecule has 1 atom stereocenters. The van der Waals surface area contributed by atoms with Gasteiger partial charge in [-0.05, 0) is 19.4 Å². The van der Waals surface area contributed by atoms with Gasteiger partial charge in [-0.3, -0.25) is 4.79 Å². The lowest BCUT2D eigenvalue weighted by Gasteiger charge is -2.12. The summed E-state index contributed by atoms with van der Waals surface area (Å²) >= 11 is 0. The van der Waals surface area contributed by atoms with Gasteiger partial charge in [0.05, 0.1) is 0 Å². The minimum atomic E-state index is -2.59. The van der Waals surface area contributed by atoms with Crippen LogP contribution in [0.3, 0.4) is 0 Å². The largest absolute Gasteiger partial charge is 0.472 e. The highest BCUT2D eigenvalue weighted by atomic mass is 19.3. The number of aromatic nitrogens is 1. The van der Waals surface area contributed by atoms with Crippen LogP contribution in [-0.2, 0) is 0 Å². The third-order valence-corrected chi connectivity index (χ3v) is 2.29. The van der Waals surface area contributed by atoms with Crippen molar-refractivity contribution in [3.8, 4) is 5.88 Å². The standard InChI is InChI=1S/C12H16F2N2O3/c1-8(3-5-17)16-12(18)9-2-4-15-11(6-9)19-7-10(13)14/h2,4,6,8,10,17H,3,5,7H2,1H3,(H,16,18)/t8-/m1/s1. The first-order chi connectivity index (χ1) is 9.02. The molecule has 0 radical (unpaired) electrons. The van der Waals surface area contributed by atoms with E-state index >= 15 is 0 Å². The van der Waals surface area contributed by atoms with Crippen LogP contribution in [0, 0.1) is 0 Å². The third kappa shape index (κ3) is 5.60. The molecule has 1 amide bonds. The Hall–Kier alpha value is -1.76. The normalized spacial score (nSPS) is 12.3. The number of hydrogen-bond acceptors (Lipinski definition) is 4. The molecule has 0 saturated heterocycles. The number of ether oxygens (including phenoxy) is 1. The van der Waals surface area contributed by atoms with Gasteiger partial charge in [0.25, 0.3) is 12.3 Å². The van der Waals surface area contributed by atoms with Gasteiger partial charge >= 0.3 is 0 Å². The highest BCUT2D eigenvalue weighted by molar-refractivity contribution is 5.94. The Bertz CT molecular complexity index is 416. The number of aliphatic hydroxyl groups excluding tert-OH is 1. The van der Waals surface area contributed by atoms with E-state index < -0.39 is 13.0 Å². The average molecular weight is 274 g/mol. The van der Waals surface area contributed by atoms with Gasteiger partial charge in [0, 0.05) is 30.5 Å². The number of rotatable bonds is 7. The first-order valence-electron chi connectivity index (χ1n) is 5.81. The Morgan fingerprint density at radius 3 is 2.95 bits per heavy atom. The lowest BCUT2D eigenvalue weighted by Crippen LogP contribution is -2.33. The smallest absolute Gasteiger partial charge is 0.272 e. The Labute approximate surface area is 109 Å². The third-order valence-electron chi connectivity index (χ3n) is 2.29. The number of pyridine rings is 1. The van der Waals surface area contributed by atoms with Crippen molar-refractivity contribution in [2.24, 2.45) is 0 Å². The van der Waals surface area contributed by atoms with E-state index in [9.17, 15) is 13.6 Å². The maximum atomic E-state index is 12.0. The van der Waals surface area contributed by atoms with Crippen LogP contribution in [0.25, 0.3) is 0 Å². The number of hydrogen-bond donors (Lipinski definition) is 2. The number of halogens is 2. The summed E-state index contributed by atoms with van der Waals surface area (Å²) in [5.41, 5.74) is 0.268. The molecule has 0 spiro atoms. The van der Waals surface area contributed by atoms with Crippen LogP contribution in [-0.4, -0.2) is 41.7 Å². The fraction of sp³-hybridized carbons (Fsp3) is 0.500. The number of amides is 1. The molecule has 7 heteroatoms. The minimum absolute atomic E-state index is 0.0252. The van der Waals surface area contributed by atoms with Gasteiger partial charge in [-0.25, -0.2) is 13.8 Å². The van der Waals surface area contributed by atoms with Crippen LogP contribution in [0.5, 0.6) is 5.88 Å². The molecule has 1 rings (SSSR count). The number of carbonyl (C=O) groups excluding carboxylic acids is 1. The topological polar surface area (TPSA) is 71.5 Å². The zero-order valence-corrected chi connectivity index (χ0v) is 10.5. The quantitative estimate of drug-likeness (QED) is 0.784. The molecule has 0 unspecified atom stereocenters. The van der Waals surface area contributed by atoms with E-state index in [1.807, 2.05) is 0 Å². The summed E-state index contributed by atoms with van der Waals surface area (Å²) in [6.07, 6.45) is -0.846. The van der Waals surface area contributed by atoms with Gasteiger partial charge in [-0.15, -0.1) is 0 Å². The highest BCUT2D eigenvalue weighted by Gasteiger charge is 2.11. The molecule has 0 aliphatic carbocycles. The molecule has 106 valence electrons. The number of carbonyl (C=O) groups is 1. The summed E-state index contributed by atoms with van der Waals surface area (Å²) in [5, 5.41) is 11.4. The van der Waals surface area contributed by atoms with Crippen molar-refractivity contribution in [2.75, 3.05) is 13.2 Å². The van der Waals surface area contributed by atoms with E-state index in [2.05, 4.69) is 10.3 Å². The molecule has 1 heterocycles. The van der Waals surface area contributed by atoms with E-state index in [0.717, 1.165) is 0 Å². The zero-order chi connectivity index (χ0) is 14.3. The van der Waals surface area contributed by atoms with E-state index in [4.69, 9.17) is 9.84 Å². The highest BCUT2D eigenvalue weighted by Crippen LogP contribution is 2.10. The van der Waals surface area contributed by atoms with E-state index in [-0.39, 0.29) is 30.0 Å². The maximum absolute atomic E-state index is 12.0. The summed E-state index contributed by atoms with van der Waals surface area (Å²) in [4.78, 5) is 15.5. The van der Waals surface area contributed by atoms with Crippen LogP contribution in [0.1, 0.15) is 23.7 Å². The molecule has 1 aromatic rings. The van der Waals surface area contributed by atoms with Crippen molar-refractivity contribution in [2.45, 2.75) is 25.8 Å². The zero-order valence-electron chi connectivity index (χ0n) is 10.5. The van der Waals surface area contributed by atoms with Gasteiger partial charge in [0.2, 0.25) is 5.88 Å². The molecule has 0 fully saturated rings. The SMILES string of the molecule is C[C@H](CCO)NC(=O)c1ccnc(OCC(F)F)c1. The molecule has 19 heavy (non-hydrogen) atoms. The second-order valence-corrected chi connectivity index (χ2v) is 3.97. The molecular weight excluding hydrogens is 258 g/mol. The second kappa shape index (κ2) is 7.63. The van der Waals surface area contributed by atoms with Crippen molar-refractivity contribution in [1.82, 2.24) is 10.3 Å². The molecule has 0 saturated carbocycles. The van der Waals surface area contributed by atoms with Gasteiger partial charge in [0.15, 0.2) is 6.61 Å². The lowest BCUT2D eigenvalue weighted by atomic mass is 10.2. The van der Waals surface area contributed by atoms with E-state index in [0.29, 0.717) is 6.42 Å². The van der Waals surface area contributed by atoms with Gasteiger partial charge in [0.1, 0.15) is 0 Å². The van der Waals surface area contributed by atoms with Crippen LogP contribution in [0.2, 0.25) is 0 Å². The first kappa shape index (κ1) is 15.3. The summed E-state index contributed by atoms with van der Waals surface area (Å²) in [7, 11) is 0. The van der Waals surface area contributed by atoms with Crippen molar-refractivity contribution in [3.63, 3.8) is 0 Å². The van der Waals surface area contributed by atoms with Crippen molar-refractivity contribution in [3.05, 3.63) is 23.9 Å². The van der Waals surface area contributed by atoms with Crippen LogP contribution >= 0.6 is 0 Å². The van der Waals surface area contributed by atoms with Crippen LogP contribution < -0.4 is 10.1 Å². The Kier molecular flexibility index (Phi) is 6.14. The summed E-state index contributed by atoms with van der Waals surface area (Å²) < 4.78 is 28.7. The molecule has 2 N–H and O–H groups in total.